The summed E-state index contributed by atoms with van der Waals surface area (Å²) in [6.45, 7) is -1.76. The summed E-state index contributed by atoms with van der Waals surface area (Å²) in [7, 11) is 0.704. The minimum Gasteiger partial charge on any atom is -0.481 e. The van der Waals surface area contributed by atoms with Gasteiger partial charge in [-0.2, -0.15) is 17.9 Å². The fraction of sp³-hybridized carbons (Fsp3) is 0.250. The number of halogens is 8. The van der Waals surface area contributed by atoms with Crippen LogP contribution >= 0.6 is 0 Å². The van der Waals surface area contributed by atoms with Crippen molar-refractivity contribution in [2.45, 2.75) is 18.7 Å². The number of hydrogen-bond acceptors (Lipinski definition) is 4. The van der Waals surface area contributed by atoms with Crippen LogP contribution in [0.3, 0.4) is 0 Å². The molecule has 0 saturated carbocycles. The van der Waals surface area contributed by atoms with Crippen LogP contribution in [0.15, 0.2) is 41.2 Å². The number of benzene rings is 2. The van der Waals surface area contributed by atoms with E-state index in [-0.39, 0.29) is 14.9 Å². The van der Waals surface area contributed by atoms with E-state index >= 15 is 0 Å². The van der Waals surface area contributed by atoms with Gasteiger partial charge >= 0.3 is 11.9 Å². The van der Waals surface area contributed by atoms with Gasteiger partial charge in [0.25, 0.3) is 12.3 Å². The molecule has 1 aromatic heterocycles. The molecule has 7 nitrogen and oxygen atoms in total. The number of nitrogens with zero attached hydrogens (tertiary/aromatic N) is 3. The highest BCUT2D eigenvalue weighted by atomic mass is 19.4. The van der Waals surface area contributed by atoms with E-state index in [1.165, 1.54) is 12.1 Å². The highest BCUT2D eigenvalue weighted by Crippen LogP contribution is 2.30. The molecule has 188 valence electrons. The van der Waals surface area contributed by atoms with E-state index in [1.54, 1.807) is 0 Å². The topological polar surface area (TPSA) is 78.2 Å². The van der Waals surface area contributed by atoms with Crippen molar-refractivity contribution in [1.29, 1.82) is 0 Å². The van der Waals surface area contributed by atoms with Gasteiger partial charge in [-0.1, -0.05) is 12.1 Å². The molecule has 0 aliphatic carbocycles. The van der Waals surface area contributed by atoms with E-state index in [4.69, 9.17) is 4.74 Å². The molecule has 3 rings (SSSR count). The number of hydrogen-bond donors (Lipinski definition) is 1. The summed E-state index contributed by atoms with van der Waals surface area (Å²) in [6.07, 6.45) is -11.0. The summed E-state index contributed by atoms with van der Waals surface area (Å²) < 4.78 is 112. The molecular weight excluding hydrogens is 496 g/mol. The molecule has 0 spiro atoms. The first-order valence-corrected chi connectivity index (χ1v) is 9.49. The molecule has 3 aromatic rings. The number of carbonyl (C=O) groups excluding carboxylic acids is 1. The second kappa shape index (κ2) is 9.76. The van der Waals surface area contributed by atoms with Crippen LogP contribution in [-0.2, 0) is 13.2 Å². The maximum Gasteiger partial charge on any atom is 0.451 e. The zero-order valence-corrected chi connectivity index (χ0v) is 17.4. The molecule has 0 fully saturated rings. The number of aromatic nitrogens is 3. The molecule has 1 N–H and O–H groups in total. The minimum absolute atomic E-state index is 0.0314. The number of ether oxygens (including phenoxy) is 1. The van der Waals surface area contributed by atoms with Gasteiger partial charge in [0.1, 0.15) is 29.7 Å². The summed E-state index contributed by atoms with van der Waals surface area (Å²) in [5.41, 5.74) is -3.71. The summed E-state index contributed by atoms with van der Waals surface area (Å²) in [5, 5.41) is 5.05. The van der Waals surface area contributed by atoms with E-state index in [1.807, 2.05) is 5.32 Å². The fourth-order valence-electron chi connectivity index (χ4n) is 2.89. The number of para-hydroxylation sites is 1. The number of anilines is 1. The molecule has 2 aromatic carbocycles. The van der Waals surface area contributed by atoms with Crippen LogP contribution in [0.1, 0.15) is 16.2 Å². The van der Waals surface area contributed by atoms with Gasteiger partial charge in [-0.3, -0.25) is 9.36 Å². The maximum atomic E-state index is 14.9. The van der Waals surface area contributed by atoms with Crippen molar-refractivity contribution in [3.8, 4) is 11.4 Å². The van der Waals surface area contributed by atoms with Crippen molar-refractivity contribution in [2.24, 2.45) is 7.05 Å². The molecule has 35 heavy (non-hydrogen) atoms. The molecule has 0 radical (unpaired) electrons. The smallest absolute Gasteiger partial charge is 0.451 e. The highest BCUT2D eigenvalue weighted by molar-refractivity contribution is 6.06. The van der Waals surface area contributed by atoms with E-state index < -0.39 is 71.4 Å². The van der Waals surface area contributed by atoms with E-state index in [0.29, 0.717) is 19.2 Å². The van der Waals surface area contributed by atoms with E-state index in [0.717, 1.165) is 12.1 Å². The Morgan fingerprint density at radius 2 is 1.80 bits per heavy atom. The monoisotopic (exact) mass is 510 g/mol. The normalized spacial score (nSPS) is 12.6. The number of rotatable bonds is 7. The summed E-state index contributed by atoms with van der Waals surface area (Å²) in [5.74, 6) is -6.32. The van der Waals surface area contributed by atoms with Crippen molar-refractivity contribution >= 4 is 11.6 Å². The lowest BCUT2D eigenvalue weighted by atomic mass is 10.1. The molecule has 1 atom stereocenters. The van der Waals surface area contributed by atoms with Gasteiger partial charge in [0, 0.05) is 13.1 Å². The molecular formula is C20H14F8N4O3. The van der Waals surface area contributed by atoms with Crippen LogP contribution in [0.2, 0.25) is 0 Å². The predicted molar refractivity (Wildman–Crippen MR) is 105 cm³/mol. The standard InChI is InChI=1S/C20H14F8N4O3/c1-31-18(20(26,27)28)30-32(19(31)34)13-7-14(35-15(8-21)16(24)25)9(6-11(13)23)17(33)29-12-5-3-2-4-10(12)22/h2-7,15-16H,8H2,1H3,(H,29,33)/t15-/m0/s1. The Hall–Kier alpha value is -3.91. The van der Waals surface area contributed by atoms with Gasteiger partial charge in [-0.05, 0) is 18.2 Å². The zero-order chi connectivity index (χ0) is 26.1. The van der Waals surface area contributed by atoms with Gasteiger partial charge in [0.15, 0.2) is 6.10 Å². The lowest BCUT2D eigenvalue weighted by molar-refractivity contribution is -0.147. The molecule has 1 heterocycles. The first kappa shape index (κ1) is 25.7. The maximum absolute atomic E-state index is 14.9. The van der Waals surface area contributed by atoms with Gasteiger partial charge in [-0.25, -0.2) is 26.7 Å². The average molecular weight is 510 g/mol. The van der Waals surface area contributed by atoms with Crippen molar-refractivity contribution in [3.63, 3.8) is 0 Å². The van der Waals surface area contributed by atoms with Crippen molar-refractivity contribution < 1.29 is 44.7 Å². The fourth-order valence-corrected chi connectivity index (χ4v) is 2.89. The summed E-state index contributed by atoms with van der Waals surface area (Å²) in [6, 6.07) is 5.50. The quantitative estimate of drug-likeness (QED) is 0.486. The van der Waals surface area contributed by atoms with Gasteiger partial charge in [0.05, 0.1) is 11.3 Å². The third-order valence-corrected chi connectivity index (χ3v) is 4.59. The van der Waals surface area contributed by atoms with Crippen molar-refractivity contribution in [3.05, 3.63) is 69.9 Å². The second-order valence-corrected chi connectivity index (χ2v) is 6.95. The Labute approximate surface area is 190 Å². The number of amides is 1. The first-order chi connectivity index (χ1) is 16.3. The number of carbonyl (C=O) groups is 1. The molecule has 1 amide bonds. The third kappa shape index (κ3) is 5.27. The summed E-state index contributed by atoms with van der Waals surface area (Å²) >= 11 is 0. The SMILES string of the molecule is Cn1c(C(F)(F)F)nn(-c2cc(O[C@@H](CF)C(F)F)c(C(=O)Nc3ccccc3F)cc2F)c1=O. The van der Waals surface area contributed by atoms with Gasteiger partial charge in [-0.15, -0.1) is 5.10 Å². The molecule has 15 heteroatoms. The average Bonchev–Trinajstić information content (AvgIpc) is 3.08. The Morgan fingerprint density at radius 1 is 1.14 bits per heavy atom. The largest absolute Gasteiger partial charge is 0.481 e. The molecule has 0 unspecified atom stereocenters. The van der Waals surface area contributed by atoms with E-state index in [9.17, 15) is 44.7 Å². The lowest BCUT2D eigenvalue weighted by Gasteiger charge is -2.19. The van der Waals surface area contributed by atoms with Crippen molar-refractivity contribution in [2.75, 3.05) is 12.0 Å². The summed E-state index contributed by atoms with van der Waals surface area (Å²) in [4.78, 5) is 24.9. The molecule has 0 saturated heterocycles. The predicted octanol–water partition coefficient (Wildman–Crippen LogP) is 4.10. The van der Waals surface area contributed by atoms with Crippen LogP contribution in [0, 0.1) is 11.6 Å². The number of nitrogens with one attached hydrogen (secondary N) is 1. The first-order valence-electron chi connectivity index (χ1n) is 9.49. The molecule has 0 aliphatic rings. The van der Waals surface area contributed by atoms with Crippen LogP contribution in [0.25, 0.3) is 5.69 Å². The Balaban J connectivity index is 2.16. The van der Waals surface area contributed by atoms with Crippen LogP contribution in [0.4, 0.5) is 40.8 Å². The lowest BCUT2D eigenvalue weighted by Crippen LogP contribution is -2.29. The Bertz CT molecular complexity index is 1300. The minimum atomic E-state index is -5.11. The van der Waals surface area contributed by atoms with Gasteiger partial charge in [0.2, 0.25) is 5.82 Å². The third-order valence-electron chi connectivity index (χ3n) is 4.59. The molecule has 0 aliphatic heterocycles. The Kier molecular flexibility index (Phi) is 7.17. The molecule has 0 bridgehead atoms. The second-order valence-electron chi connectivity index (χ2n) is 6.95. The zero-order valence-electron chi connectivity index (χ0n) is 17.4. The van der Waals surface area contributed by atoms with Crippen molar-refractivity contribution in [1.82, 2.24) is 14.3 Å². The van der Waals surface area contributed by atoms with Crippen LogP contribution in [0.5, 0.6) is 5.75 Å². The van der Waals surface area contributed by atoms with E-state index in [2.05, 4.69) is 5.10 Å². The van der Waals surface area contributed by atoms with Crippen LogP contribution < -0.4 is 15.7 Å². The number of alkyl halides is 6. The highest BCUT2D eigenvalue weighted by Gasteiger charge is 2.38. The van der Waals surface area contributed by atoms with Crippen LogP contribution in [-0.4, -0.2) is 39.5 Å². The Morgan fingerprint density at radius 3 is 2.34 bits per heavy atom. The van der Waals surface area contributed by atoms with Gasteiger partial charge < -0.3 is 10.1 Å².